The third-order valence-corrected chi connectivity index (χ3v) is 4.57. The number of carboxylic acid groups (broad SMARTS) is 1. The molecule has 1 aromatic rings. The van der Waals surface area contributed by atoms with E-state index < -0.39 is 24.2 Å². The average molecular weight is 395 g/mol. The summed E-state index contributed by atoms with van der Waals surface area (Å²) < 4.78 is 22.3. The van der Waals surface area contributed by atoms with Crippen LogP contribution in [0.5, 0.6) is 0 Å². The lowest BCUT2D eigenvalue weighted by Gasteiger charge is -2.31. The molecule has 0 saturated carbocycles. The molecule has 2 rings (SSSR count). The van der Waals surface area contributed by atoms with Crippen LogP contribution in [0.1, 0.15) is 18.9 Å². The first-order valence-electron chi connectivity index (χ1n) is 9.43. The maximum Gasteiger partial charge on any atom is 0.405 e. The van der Waals surface area contributed by atoms with E-state index in [4.69, 9.17) is 24.1 Å². The van der Waals surface area contributed by atoms with Gasteiger partial charge in [-0.05, 0) is 25.3 Å². The maximum atomic E-state index is 12.3. The van der Waals surface area contributed by atoms with E-state index in [2.05, 4.69) is 5.32 Å². The van der Waals surface area contributed by atoms with E-state index in [-0.39, 0.29) is 18.6 Å². The van der Waals surface area contributed by atoms with Crippen molar-refractivity contribution in [3.63, 3.8) is 0 Å². The molecule has 0 aliphatic carbocycles. The second-order valence-electron chi connectivity index (χ2n) is 6.81. The summed E-state index contributed by atoms with van der Waals surface area (Å²) in [5.41, 5.74) is 1.12. The van der Waals surface area contributed by atoms with E-state index in [1.165, 1.54) is 0 Å². The summed E-state index contributed by atoms with van der Waals surface area (Å²) in [6.45, 7) is 3.04. The zero-order valence-electron chi connectivity index (χ0n) is 16.3. The summed E-state index contributed by atoms with van der Waals surface area (Å²) in [5, 5.41) is 11.1. The van der Waals surface area contributed by atoms with Gasteiger partial charge in [0.1, 0.15) is 6.10 Å². The zero-order valence-corrected chi connectivity index (χ0v) is 16.3. The molecule has 0 bridgehead atoms. The Bertz CT molecular complexity index is 610. The molecule has 1 aliphatic heterocycles. The lowest BCUT2D eigenvalue weighted by Crippen LogP contribution is -2.46. The molecule has 4 atom stereocenters. The summed E-state index contributed by atoms with van der Waals surface area (Å²) >= 11 is 0. The zero-order chi connectivity index (χ0) is 20.4. The van der Waals surface area contributed by atoms with Crippen molar-refractivity contribution >= 4 is 12.1 Å². The normalized spacial score (nSPS) is 25.9. The van der Waals surface area contributed by atoms with Gasteiger partial charge in [-0.25, -0.2) is 9.59 Å². The van der Waals surface area contributed by atoms with Crippen LogP contribution >= 0.6 is 0 Å². The van der Waals surface area contributed by atoms with Crippen molar-refractivity contribution in [2.75, 3.05) is 33.5 Å². The van der Waals surface area contributed by atoms with Gasteiger partial charge in [-0.3, -0.25) is 0 Å². The average Bonchev–Trinajstić information content (AvgIpc) is 2.71. The summed E-state index contributed by atoms with van der Waals surface area (Å²) in [6, 6.07) is 8.88. The second kappa shape index (κ2) is 11.6. The van der Waals surface area contributed by atoms with Crippen molar-refractivity contribution in [1.82, 2.24) is 5.32 Å². The first-order valence-corrected chi connectivity index (χ1v) is 9.43. The van der Waals surface area contributed by atoms with E-state index in [0.717, 1.165) is 12.0 Å². The van der Waals surface area contributed by atoms with Crippen LogP contribution in [-0.4, -0.2) is 69.0 Å². The number of esters is 1. The minimum Gasteiger partial charge on any atom is -0.465 e. The number of cyclic esters (lactones) is 1. The van der Waals surface area contributed by atoms with Crippen LogP contribution in [0.2, 0.25) is 0 Å². The van der Waals surface area contributed by atoms with Crippen LogP contribution < -0.4 is 5.32 Å². The molecular formula is C20H29NO7. The highest BCUT2D eigenvalue weighted by Gasteiger charge is 2.35. The van der Waals surface area contributed by atoms with Crippen molar-refractivity contribution in [2.24, 2.45) is 5.92 Å². The van der Waals surface area contributed by atoms with E-state index in [0.29, 0.717) is 26.2 Å². The molecule has 156 valence electrons. The Labute approximate surface area is 165 Å². The quantitative estimate of drug-likeness (QED) is 0.511. The molecule has 8 heteroatoms. The summed E-state index contributed by atoms with van der Waals surface area (Å²) in [5.74, 6) is -0.725. The molecule has 1 heterocycles. The Kier molecular flexibility index (Phi) is 9.19. The van der Waals surface area contributed by atoms with Crippen LogP contribution in [0.25, 0.3) is 0 Å². The van der Waals surface area contributed by atoms with E-state index >= 15 is 0 Å². The maximum absolute atomic E-state index is 12.3. The van der Waals surface area contributed by atoms with Crippen molar-refractivity contribution in [2.45, 2.75) is 38.0 Å². The minimum absolute atomic E-state index is 0.0590. The molecule has 1 aromatic carbocycles. The molecule has 1 saturated heterocycles. The molecule has 1 aliphatic rings. The van der Waals surface area contributed by atoms with Crippen molar-refractivity contribution in [3.8, 4) is 0 Å². The number of hydrogen-bond acceptors (Lipinski definition) is 6. The molecule has 2 N–H and O–H groups in total. The van der Waals surface area contributed by atoms with Gasteiger partial charge in [0.05, 0.1) is 19.3 Å². The Morgan fingerprint density at radius 1 is 1.25 bits per heavy atom. The minimum atomic E-state index is -1.30. The number of amides is 1. The number of nitrogens with one attached hydrogen (secondary N) is 1. The molecule has 8 nitrogen and oxygen atoms in total. The van der Waals surface area contributed by atoms with Crippen molar-refractivity contribution < 1.29 is 33.6 Å². The molecule has 0 spiro atoms. The van der Waals surface area contributed by atoms with Gasteiger partial charge in [0.15, 0.2) is 6.04 Å². The SMILES string of the molecule is COCCCO[C@@H]1[C@@H](Cc2ccccc2)COC[C@H](NC(=O)O)C(=O)O[C@H]1C. The second-order valence-corrected chi connectivity index (χ2v) is 6.81. The number of carbonyl (C=O) groups is 2. The largest absolute Gasteiger partial charge is 0.465 e. The van der Waals surface area contributed by atoms with Gasteiger partial charge >= 0.3 is 12.1 Å². The highest BCUT2D eigenvalue weighted by Crippen LogP contribution is 2.22. The van der Waals surface area contributed by atoms with E-state index in [9.17, 15) is 9.59 Å². The first kappa shape index (κ1) is 22.1. The van der Waals surface area contributed by atoms with Crippen LogP contribution in [-0.2, 0) is 30.2 Å². The number of rotatable bonds is 8. The monoisotopic (exact) mass is 395 g/mol. The standard InChI is InChI=1S/C20H29NO7/c1-14-18(27-10-6-9-25-2)16(11-15-7-4-3-5-8-15)12-26-13-17(19(22)28-14)21-20(23)24/h3-5,7-8,14,16-18,21H,6,9-13H2,1-2H3,(H,23,24)/t14-,16-,17-,18-/m0/s1. The molecule has 0 unspecified atom stereocenters. The number of ether oxygens (including phenoxy) is 4. The fraction of sp³-hybridized carbons (Fsp3) is 0.600. The highest BCUT2D eigenvalue weighted by molar-refractivity contribution is 5.81. The van der Waals surface area contributed by atoms with Gasteiger partial charge in [0.25, 0.3) is 0 Å². The Hall–Kier alpha value is -2.16. The van der Waals surface area contributed by atoms with Gasteiger partial charge in [-0.15, -0.1) is 0 Å². The molecule has 1 amide bonds. The third-order valence-electron chi connectivity index (χ3n) is 4.57. The Morgan fingerprint density at radius 3 is 2.68 bits per heavy atom. The van der Waals surface area contributed by atoms with Crippen LogP contribution in [0.3, 0.4) is 0 Å². The predicted molar refractivity (Wildman–Crippen MR) is 101 cm³/mol. The number of hydrogen-bond donors (Lipinski definition) is 2. The fourth-order valence-corrected chi connectivity index (χ4v) is 3.25. The Morgan fingerprint density at radius 2 is 2.00 bits per heavy atom. The van der Waals surface area contributed by atoms with Gasteiger partial charge in [0, 0.05) is 26.2 Å². The summed E-state index contributed by atoms with van der Waals surface area (Å²) in [7, 11) is 1.63. The third kappa shape index (κ3) is 7.10. The molecule has 0 aromatic heterocycles. The number of carbonyl (C=O) groups excluding carboxylic acids is 1. The summed E-state index contributed by atoms with van der Waals surface area (Å²) in [4.78, 5) is 23.3. The number of methoxy groups -OCH3 is 1. The van der Waals surface area contributed by atoms with Gasteiger partial charge in [0.2, 0.25) is 0 Å². The van der Waals surface area contributed by atoms with E-state index in [1.54, 1.807) is 14.0 Å². The van der Waals surface area contributed by atoms with Crippen LogP contribution in [0, 0.1) is 5.92 Å². The molecule has 28 heavy (non-hydrogen) atoms. The predicted octanol–water partition coefficient (Wildman–Crippen LogP) is 1.87. The fourth-order valence-electron chi connectivity index (χ4n) is 3.25. The van der Waals surface area contributed by atoms with Gasteiger partial charge in [-0.1, -0.05) is 30.3 Å². The summed E-state index contributed by atoms with van der Waals surface area (Å²) in [6.07, 6.45) is -0.830. The Balaban J connectivity index is 2.14. The number of benzene rings is 1. The topological polar surface area (TPSA) is 103 Å². The molecular weight excluding hydrogens is 366 g/mol. The van der Waals surface area contributed by atoms with Crippen molar-refractivity contribution in [1.29, 1.82) is 0 Å². The molecule has 1 fully saturated rings. The van der Waals surface area contributed by atoms with Crippen LogP contribution in [0.15, 0.2) is 30.3 Å². The van der Waals surface area contributed by atoms with E-state index in [1.807, 2.05) is 30.3 Å². The van der Waals surface area contributed by atoms with Crippen LogP contribution in [0.4, 0.5) is 4.79 Å². The van der Waals surface area contributed by atoms with Crippen molar-refractivity contribution in [3.05, 3.63) is 35.9 Å². The van der Waals surface area contributed by atoms with Gasteiger partial charge in [-0.2, -0.15) is 0 Å². The van der Waals surface area contributed by atoms with Gasteiger partial charge < -0.3 is 29.4 Å². The highest BCUT2D eigenvalue weighted by atomic mass is 16.6. The lowest BCUT2D eigenvalue weighted by atomic mass is 9.91. The molecule has 0 radical (unpaired) electrons. The smallest absolute Gasteiger partial charge is 0.405 e. The lowest BCUT2D eigenvalue weighted by molar-refractivity contribution is -0.160. The first-order chi connectivity index (χ1) is 13.5.